The average molecular weight is 370 g/mol. The van der Waals surface area contributed by atoms with Gasteiger partial charge in [0.1, 0.15) is 0 Å². The highest BCUT2D eigenvalue weighted by Crippen LogP contribution is 2.29. The molecule has 7 heteroatoms. The van der Waals surface area contributed by atoms with Gasteiger partial charge in [0, 0.05) is 38.5 Å². The Balaban J connectivity index is 1.28. The Bertz CT molecular complexity index is 745. The van der Waals surface area contributed by atoms with E-state index in [1.807, 2.05) is 17.0 Å². The van der Waals surface area contributed by atoms with Gasteiger partial charge in [0.15, 0.2) is 5.82 Å². The van der Waals surface area contributed by atoms with E-state index >= 15 is 0 Å². The Hall–Kier alpha value is -2.28. The molecular weight excluding hydrogens is 344 g/mol. The van der Waals surface area contributed by atoms with Crippen LogP contribution in [0.2, 0.25) is 0 Å². The first kappa shape index (κ1) is 18.1. The van der Waals surface area contributed by atoms with E-state index in [0.717, 1.165) is 37.5 Å². The average Bonchev–Trinajstić information content (AvgIpc) is 3.41. The van der Waals surface area contributed by atoms with Gasteiger partial charge in [-0.3, -0.25) is 9.78 Å². The van der Waals surface area contributed by atoms with Crippen molar-refractivity contribution in [1.82, 2.24) is 20.0 Å². The minimum atomic E-state index is 0.116. The summed E-state index contributed by atoms with van der Waals surface area (Å²) in [6.07, 6.45) is 9.03. The Labute approximate surface area is 159 Å². The summed E-state index contributed by atoms with van der Waals surface area (Å²) in [6, 6.07) is 3.79. The molecule has 0 N–H and O–H groups in total. The summed E-state index contributed by atoms with van der Waals surface area (Å²) in [6.45, 7) is 2.90. The monoisotopic (exact) mass is 370 g/mol. The van der Waals surface area contributed by atoms with Crippen molar-refractivity contribution in [1.29, 1.82) is 0 Å². The van der Waals surface area contributed by atoms with Crippen molar-refractivity contribution >= 4 is 5.91 Å². The molecule has 27 heavy (non-hydrogen) atoms. The lowest BCUT2D eigenvalue weighted by Gasteiger charge is -2.31. The zero-order valence-electron chi connectivity index (χ0n) is 15.5. The molecule has 1 saturated carbocycles. The van der Waals surface area contributed by atoms with Crippen LogP contribution in [0.25, 0.3) is 0 Å². The smallest absolute Gasteiger partial charge is 0.231 e. The predicted molar refractivity (Wildman–Crippen MR) is 98.0 cm³/mol. The maximum atomic E-state index is 12.6. The minimum Gasteiger partial charge on any atom is -0.381 e. The third-order valence-electron chi connectivity index (χ3n) is 5.21. The second-order valence-electron chi connectivity index (χ2n) is 7.53. The summed E-state index contributed by atoms with van der Waals surface area (Å²) < 4.78 is 11.1. The van der Waals surface area contributed by atoms with Crippen LogP contribution < -0.4 is 0 Å². The molecule has 144 valence electrons. The van der Waals surface area contributed by atoms with Crippen LogP contribution in [0.4, 0.5) is 0 Å². The molecule has 7 nitrogen and oxygen atoms in total. The molecule has 3 heterocycles. The quantitative estimate of drug-likeness (QED) is 0.664. The molecule has 2 aliphatic rings. The molecule has 0 aromatic carbocycles. The lowest BCUT2D eigenvalue weighted by Crippen LogP contribution is -2.40. The summed E-state index contributed by atoms with van der Waals surface area (Å²) >= 11 is 0. The van der Waals surface area contributed by atoms with Gasteiger partial charge in [0.25, 0.3) is 0 Å². The molecule has 0 spiro atoms. The number of carbonyl (C=O) groups excluding carboxylic acids is 1. The summed E-state index contributed by atoms with van der Waals surface area (Å²) in [5.41, 5.74) is 0.941. The zero-order valence-corrected chi connectivity index (χ0v) is 15.5. The second-order valence-corrected chi connectivity index (χ2v) is 7.53. The first-order valence-electron chi connectivity index (χ1n) is 9.85. The lowest BCUT2D eigenvalue weighted by atomic mass is 9.97. The number of carbonyl (C=O) groups is 1. The standard InChI is InChI=1S/C20H26N4O3/c25-19(11-16-3-1-8-21-12-16)24-9-2-4-17(13-24)20-22-18(23-27-20)7-10-26-14-15-5-6-15/h1,3,8,12,15,17H,2,4-7,9-11,13-14H2. The SMILES string of the molecule is O=C(Cc1cccnc1)N1CCCC(c2nc(CCOCC3CC3)no2)C1. The van der Waals surface area contributed by atoms with E-state index < -0.39 is 0 Å². The first-order chi connectivity index (χ1) is 13.3. The molecule has 4 rings (SSSR count). The van der Waals surface area contributed by atoms with E-state index in [1.54, 1.807) is 12.4 Å². The summed E-state index contributed by atoms with van der Waals surface area (Å²) in [4.78, 5) is 23.1. The molecule has 2 aromatic heterocycles. The largest absolute Gasteiger partial charge is 0.381 e. The first-order valence-corrected chi connectivity index (χ1v) is 9.85. The normalized spacial score (nSPS) is 20.0. The molecular formula is C20H26N4O3. The maximum Gasteiger partial charge on any atom is 0.231 e. The molecule has 1 aliphatic heterocycles. The van der Waals surface area contributed by atoms with Gasteiger partial charge in [-0.2, -0.15) is 4.98 Å². The number of hydrogen-bond donors (Lipinski definition) is 0. The highest BCUT2D eigenvalue weighted by atomic mass is 16.5. The third kappa shape index (κ3) is 5.13. The van der Waals surface area contributed by atoms with Crippen LogP contribution in [0.3, 0.4) is 0 Å². The third-order valence-corrected chi connectivity index (χ3v) is 5.21. The number of amides is 1. The van der Waals surface area contributed by atoms with Crippen molar-refractivity contribution in [2.24, 2.45) is 5.92 Å². The molecule has 1 aliphatic carbocycles. The molecule has 1 saturated heterocycles. The number of nitrogens with zero attached hydrogens (tertiary/aromatic N) is 4. The van der Waals surface area contributed by atoms with E-state index in [-0.39, 0.29) is 11.8 Å². The van der Waals surface area contributed by atoms with E-state index in [0.29, 0.717) is 37.7 Å². The van der Waals surface area contributed by atoms with Gasteiger partial charge in [0.05, 0.1) is 18.9 Å². The number of likely N-dealkylation sites (tertiary alicyclic amines) is 1. The molecule has 1 unspecified atom stereocenters. The van der Waals surface area contributed by atoms with Crippen LogP contribution in [0, 0.1) is 5.92 Å². The molecule has 2 fully saturated rings. The van der Waals surface area contributed by atoms with Crippen molar-refractivity contribution < 1.29 is 14.1 Å². The van der Waals surface area contributed by atoms with Crippen LogP contribution in [0.1, 0.15) is 48.9 Å². The molecule has 1 amide bonds. The van der Waals surface area contributed by atoms with E-state index in [9.17, 15) is 4.79 Å². The Morgan fingerprint density at radius 1 is 1.33 bits per heavy atom. The Morgan fingerprint density at radius 2 is 2.26 bits per heavy atom. The van der Waals surface area contributed by atoms with Gasteiger partial charge in [-0.05, 0) is 43.2 Å². The number of rotatable bonds is 8. The van der Waals surface area contributed by atoms with Gasteiger partial charge in [-0.25, -0.2) is 0 Å². The van der Waals surface area contributed by atoms with Gasteiger partial charge >= 0.3 is 0 Å². The molecule has 0 radical (unpaired) electrons. The van der Waals surface area contributed by atoms with Crippen LogP contribution in [-0.4, -0.2) is 52.2 Å². The number of pyridine rings is 1. The summed E-state index contributed by atoms with van der Waals surface area (Å²) in [5.74, 6) is 2.35. The van der Waals surface area contributed by atoms with Crippen molar-refractivity contribution in [2.45, 2.75) is 44.4 Å². The van der Waals surface area contributed by atoms with E-state index in [1.165, 1.54) is 12.8 Å². The van der Waals surface area contributed by atoms with E-state index in [4.69, 9.17) is 9.26 Å². The number of piperidine rings is 1. The van der Waals surface area contributed by atoms with Crippen molar-refractivity contribution in [2.75, 3.05) is 26.3 Å². The highest BCUT2D eigenvalue weighted by Gasteiger charge is 2.28. The van der Waals surface area contributed by atoms with Gasteiger partial charge in [-0.15, -0.1) is 0 Å². The molecule has 0 bridgehead atoms. The fourth-order valence-electron chi connectivity index (χ4n) is 3.43. The van der Waals surface area contributed by atoms with Crippen LogP contribution >= 0.6 is 0 Å². The van der Waals surface area contributed by atoms with Crippen molar-refractivity contribution in [3.8, 4) is 0 Å². The minimum absolute atomic E-state index is 0.116. The predicted octanol–water partition coefficient (Wildman–Crippen LogP) is 2.38. The molecule has 2 aromatic rings. The number of aromatic nitrogens is 3. The Morgan fingerprint density at radius 3 is 3.07 bits per heavy atom. The molecule has 1 atom stereocenters. The van der Waals surface area contributed by atoms with Crippen LogP contribution in [0.15, 0.2) is 29.0 Å². The second kappa shape index (κ2) is 8.61. The Kier molecular flexibility index (Phi) is 5.77. The number of ether oxygens (including phenoxy) is 1. The van der Waals surface area contributed by atoms with Crippen molar-refractivity contribution in [3.05, 3.63) is 41.8 Å². The summed E-state index contributed by atoms with van der Waals surface area (Å²) in [7, 11) is 0. The van der Waals surface area contributed by atoms with Crippen LogP contribution in [0.5, 0.6) is 0 Å². The van der Waals surface area contributed by atoms with E-state index in [2.05, 4.69) is 15.1 Å². The number of hydrogen-bond acceptors (Lipinski definition) is 6. The van der Waals surface area contributed by atoms with Gasteiger partial charge < -0.3 is 14.2 Å². The fourth-order valence-corrected chi connectivity index (χ4v) is 3.43. The maximum absolute atomic E-state index is 12.6. The fraction of sp³-hybridized carbons (Fsp3) is 0.600. The topological polar surface area (TPSA) is 81.4 Å². The summed E-state index contributed by atoms with van der Waals surface area (Å²) in [5, 5.41) is 4.08. The van der Waals surface area contributed by atoms with Gasteiger partial charge in [-0.1, -0.05) is 11.2 Å². The van der Waals surface area contributed by atoms with Gasteiger partial charge in [0.2, 0.25) is 11.8 Å². The van der Waals surface area contributed by atoms with Crippen LogP contribution in [-0.2, 0) is 22.4 Å². The zero-order chi connectivity index (χ0) is 18.5. The van der Waals surface area contributed by atoms with Crippen molar-refractivity contribution in [3.63, 3.8) is 0 Å². The lowest BCUT2D eigenvalue weighted by molar-refractivity contribution is -0.131. The highest BCUT2D eigenvalue weighted by molar-refractivity contribution is 5.78.